The van der Waals surface area contributed by atoms with Crippen molar-refractivity contribution in [2.75, 3.05) is 26.4 Å². The molecule has 13 nitrogen and oxygen atoms in total. The van der Waals surface area contributed by atoms with Crippen molar-refractivity contribution < 1.29 is 59.9 Å². The first-order chi connectivity index (χ1) is 24.2. The second-order valence-electron chi connectivity index (χ2n) is 11.5. The summed E-state index contributed by atoms with van der Waals surface area (Å²) < 4.78 is 128. The summed E-state index contributed by atoms with van der Waals surface area (Å²) in [5.74, 6) is 0. The predicted octanol–water partition coefficient (Wildman–Crippen LogP) is 4.53. The van der Waals surface area contributed by atoms with Crippen LogP contribution in [0.25, 0.3) is 0 Å². The number of rotatable bonds is 16. The van der Waals surface area contributed by atoms with Crippen molar-refractivity contribution in [1.29, 1.82) is 0 Å². The monoisotopic (exact) mass is 802 g/mol. The van der Waals surface area contributed by atoms with Gasteiger partial charge in [0.05, 0.1) is 32.8 Å². The molecule has 0 unspecified atom stereocenters. The number of aliphatic hydroxyl groups is 1. The minimum absolute atomic E-state index is 0.0523. The van der Waals surface area contributed by atoms with Crippen molar-refractivity contribution in [3.8, 4) is 0 Å². The highest BCUT2D eigenvalue weighted by molar-refractivity contribution is 7.87. The van der Waals surface area contributed by atoms with E-state index in [9.17, 15) is 43.2 Å². The number of hydrogen-bond donors (Lipinski definition) is 1. The Morgan fingerprint density at radius 2 is 0.615 bits per heavy atom. The number of aliphatic hydroxyl groups excluding tert-OH is 1. The minimum atomic E-state index is -4.13. The van der Waals surface area contributed by atoms with E-state index in [2.05, 4.69) is 8.37 Å². The summed E-state index contributed by atoms with van der Waals surface area (Å²) in [5, 5.41) is 9.78. The maximum atomic E-state index is 13.8. The molecule has 4 rings (SSSR count). The topological polar surface area (TPSA) is 194 Å². The molecule has 284 valence electrons. The molecular weight excluding hydrogens is 764 g/mol. The van der Waals surface area contributed by atoms with Crippen LogP contribution in [0.3, 0.4) is 0 Å². The third-order valence-corrected chi connectivity index (χ3v) is 12.1. The Labute approximate surface area is 304 Å². The van der Waals surface area contributed by atoms with Gasteiger partial charge < -0.3 is 5.11 Å². The van der Waals surface area contributed by atoms with Crippen LogP contribution in [0.5, 0.6) is 0 Å². The maximum absolute atomic E-state index is 13.8. The van der Waals surface area contributed by atoms with Gasteiger partial charge in [-0.3, -0.25) is 16.7 Å². The Morgan fingerprint density at radius 1 is 0.423 bits per heavy atom. The highest BCUT2D eigenvalue weighted by Gasteiger charge is 2.23. The quantitative estimate of drug-likeness (QED) is 0.156. The highest BCUT2D eigenvalue weighted by atomic mass is 32.2. The second-order valence-corrected chi connectivity index (χ2v) is 17.9. The molecule has 0 radical (unpaired) electrons. The van der Waals surface area contributed by atoms with Crippen molar-refractivity contribution in [2.24, 2.45) is 0 Å². The average molecular weight is 803 g/mol. The molecule has 52 heavy (non-hydrogen) atoms. The van der Waals surface area contributed by atoms with Gasteiger partial charge in [0.1, 0.15) is 25.5 Å². The lowest BCUT2D eigenvalue weighted by Crippen LogP contribution is -2.25. The fourth-order valence-corrected chi connectivity index (χ4v) is 7.60. The van der Waals surface area contributed by atoms with E-state index in [-0.39, 0.29) is 19.6 Å². The minimum Gasteiger partial charge on any atom is -0.388 e. The Hall–Kier alpha value is -3.59. The molecule has 0 heterocycles. The van der Waals surface area contributed by atoms with Crippen LogP contribution in [0.2, 0.25) is 0 Å². The van der Waals surface area contributed by atoms with Crippen molar-refractivity contribution in [3.63, 3.8) is 0 Å². The molecule has 0 saturated heterocycles. The summed E-state index contributed by atoms with van der Waals surface area (Å²) in [7, 11) is -16.4. The van der Waals surface area contributed by atoms with Crippen LogP contribution >= 0.6 is 0 Å². The smallest absolute Gasteiger partial charge is 0.297 e. The van der Waals surface area contributed by atoms with Gasteiger partial charge in [0.15, 0.2) is 0 Å². The van der Waals surface area contributed by atoms with E-state index in [1.807, 2.05) is 13.8 Å². The van der Waals surface area contributed by atoms with Gasteiger partial charge in [-0.2, -0.15) is 33.7 Å². The van der Waals surface area contributed by atoms with E-state index in [1.54, 1.807) is 62.4 Å². The third-order valence-electron chi connectivity index (χ3n) is 6.88. The van der Waals surface area contributed by atoms with Crippen LogP contribution in [-0.4, -0.2) is 77.5 Å². The Bertz CT molecular complexity index is 1870. The van der Waals surface area contributed by atoms with Crippen LogP contribution in [0, 0.1) is 27.7 Å². The van der Waals surface area contributed by atoms with Crippen molar-refractivity contribution >= 4 is 40.5 Å². The van der Waals surface area contributed by atoms with Crippen LogP contribution < -0.4 is 0 Å². The lowest BCUT2D eigenvalue weighted by Gasteiger charge is -2.12. The van der Waals surface area contributed by atoms with E-state index in [0.29, 0.717) is 0 Å². The molecule has 0 amide bonds. The van der Waals surface area contributed by atoms with E-state index in [0.717, 1.165) is 22.3 Å². The molecule has 1 N–H and O–H groups in total. The molecule has 0 saturated carbocycles. The van der Waals surface area contributed by atoms with Crippen LogP contribution in [0.4, 0.5) is 4.39 Å². The lowest BCUT2D eigenvalue weighted by molar-refractivity contribution is 0.0671. The van der Waals surface area contributed by atoms with E-state index in [1.165, 1.54) is 48.5 Å². The summed E-state index contributed by atoms with van der Waals surface area (Å²) in [6, 6.07) is 23.7. The van der Waals surface area contributed by atoms with E-state index in [4.69, 9.17) is 8.37 Å². The first-order valence-electron chi connectivity index (χ1n) is 15.4. The van der Waals surface area contributed by atoms with Crippen molar-refractivity contribution in [1.82, 2.24) is 0 Å². The molecule has 4 aromatic carbocycles. The van der Waals surface area contributed by atoms with Crippen LogP contribution in [0.1, 0.15) is 22.3 Å². The SMILES string of the molecule is Cc1ccc(S(=O)(=O)OCC(F)COS(=O)(=O)c2ccc(C)cc2)cc1.Cc1ccc(S(=O)(=O)OCC(O)COS(=O)(=O)c2ccc(C)cc2)cc1. The first-order valence-corrected chi connectivity index (χ1v) is 21.0. The fourth-order valence-electron chi connectivity index (χ4n) is 3.85. The van der Waals surface area contributed by atoms with Gasteiger partial charge in [0, 0.05) is 0 Å². The van der Waals surface area contributed by atoms with E-state index < -0.39 is 79.2 Å². The largest absolute Gasteiger partial charge is 0.388 e. The number of hydrogen-bond acceptors (Lipinski definition) is 13. The average Bonchev–Trinajstić information content (AvgIpc) is 3.09. The molecule has 0 aromatic heterocycles. The molecule has 0 aliphatic heterocycles. The third kappa shape index (κ3) is 13.4. The number of aryl methyl sites for hydroxylation is 4. The lowest BCUT2D eigenvalue weighted by atomic mass is 10.2. The summed E-state index contributed by atoms with van der Waals surface area (Å²) in [6.45, 7) is 4.26. The van der Waals surface area contributed by atoms with Gasteiger partial charge in [-0.15, -0.1) is 0 Å². The van der Waals surface area contributed by atoms with Crippen LogP contribution in [0.15, 0.2) is 117 Å². The molecule has 4 aromatic rings. The zero-order chi connectivity index (χ0) is 38.7. The zero-order valence-corrected chi connectivity index (χ0v) is 31.8. The Kier molecular flexibility index (Phi) is 15.2. The number of alkyl halides is 1. The van der Waals surface area contributed by atoms with Gasteiger partial charge in [0.25, 0.3) is 40.5 Å². The number of benzene rings is 4. The highest BCUT2D eigenvalue weighted by Crippen LogP contribution is 2.18. The second kappa shape index (κ2) is 18.4. The van der Waals surface area contributed by atoms with Gasteiger partial charge in [0.2, 0.25) is 0 Å². The van der Waals surface area contributed by atoms with Gasteiger partial charge >= 0.3 is 0 Å². The standard InChI is InChI=1S/C17H19FO6S2.C17H20O7S2/c2*1-13-3-7-16(8-4-13)25(19,20)23-11-15(18)12-24-26(21,22)17-9-5-14(2)6-10-17/h3-10,15H,11-12H2,1-2H3;3-10,15,18H,11-12H2,1-2H3. The van der Waals surface area contributed by atoms with Gasteiger partial charge in [-0.1, -0.05) is 70.8 Å². The molecule has 0 aliphatic rings. The molecule has 0 bridgehead atoms. The van der Waals surface area contributed by atoms with Gasteiger partial charge in [-0.05, 0) is 76.2 Å². The normalized spacial score (nSPS) is 12.5. The molecule has 0 aliphatic carbocycles. The van der Waals surface area contributed by atoms with Crippen molar-refractivity contribution in [2.45, 2.75) is 59.6 Å². The van der Waals surface area contributed by atoms with E-state index >= 15 is 0 Å². The Morgan fingerprint density at radius 3 is 0.827 bits per heavy atom. The van der Waals surface area contributed by atoms with Gasteiger partial charge in [-0.25, -0.2) is 4.39 Å². The zero-order valence-electron chi connectivity index (χ0n) is 28.6. The summed E-state index contributed by atoms with van der Waals surface area (Å²) in [4.78, 5) is -0.320. The number of halogens is 1. The molecule has 0 spiro atoms. The fraction of sp³-hybridized carbons (Fsp3) is 0.294. The molecule has 18 heteroatoms. The predicted molar refractivity (Wildman–Crippen MR) is 188 cm³/mol. The van der Waals surface area contributed by atoms with Crippen molar-refractivity contribution in [3.05, 3.63) is 119 Å². The summed E-state index contributed by atoms with van der Waals surface area (Å²) >= 11 is 0. The maximum Gasteiger partial charge on any atom is 0.297 e. The molecule has 0 fully saturated rings. The first kappa shape index (κ1) is 42.8. The Balaban J connectivity index is 0.000000280. The molecular formula is C34H39FO13S4. The summed E-state index contributed by atoms with van der Waals surface area (Å²) in [5.41, 5.74) is 3.50. The molecule has 0 atom stereocenters. The van der Waals surface area contributed by atoms with Crippen LogP contribution in [-0.2, 0) is 57.2 Å². The summed E-state index contributed by atoms with van der Waals surface area (Å²) in [6.07, 6.45) is -3.37.